The maximum absolute atomic E-state index is 10.9. The highest BCUT2D eigenvalue weighted by atomic mass is 127. The average Bonchev–Trinajstić information content (AvgIpc) is 2.28. The van der Waals surface area contributed by atoms with Crippen molar-refractivity contribution >= 4 is 35.9 Å². The van der Waals surface area contributed by atoms with Crippen molar-refractivity contribution in [2.45, 2.75) is 26.2 Å². The van der Waals surface area contributed by atoms with Crippen molar-refractivity contribution < 1.29 is 9.53 Å². The van der Waals surface area contributed by atoms with E-state index >= 15 is 0 Å². The minimum absolute atomic E-state index is 0. The van der Waals surface area contributed by atoms with Crippen molar-refractivity contribution in [1.29, 1.82) is 0 Å². The Kier molecular flexibility index (Phi) is 8.28. The molecule has 0 aromatic carbocycles. The Balaban J connectivity index is 0.00000256. The van der Waals surface area contributed by atoms with Crippen molar-refractivity contribution in [3.63, 3.8) is 0 Å². The highest BCUT2D eigenvalue weighted by Crippen LogP contribution is 2.14. The number of aliphatic imine (C=N–C) groups is 1. The molecule has 1 aliphatic rings. The summed E-state index contributed by atoms with van der Waals surface area (Å²) in [6, 6.07) is 0. The van der Waals surface area contributed by atoms with Gasteiger partial charge in [0.05, 0.1) is 20.1 Å². The number of likely N-dealkylation sites (tertiary alicyclic amines) is 1. The summed E-state index contributed by atoms with van der Waals surface area (Å²) in [5.74, 6) is 0.974. The Hall–Kier alpha value is -0.530. The van der Waals surface area contributed by atoms with E-state index in [1.54, 1.807) is 0 Å². The van der Waals surface area contributed by atoms with Gasteiger partial charge in [0.2, 0.25) is 0 Å². The topological polar surface area (TPSA) is 67.9 Å². The van der Waals surface area contributed by atoms with Gasteiger partial charge < -0.3 is 15.4 Å². The van der Waals surface area contributed by atoms with E-state index in [-0.39, 0.29) is 29.9 Å². The molecule has 1 atom stereocenters. The lowest BCUT2D eigenvalue weighted by Gasteiger charge is -2.31. The van der Waals surface area contributed by atoms with Gasteiger partial charge >= 0.3 is 5.97 Å². The van der Waals surface area contributed by atoms with Crippen LogP contribution in [-0.2, 0) is 9.53 Å². The molecule has 2 N–H and O–H groups in total. The number of hydrogen-bond donors (Lipinski definition) is 1. The second-order valence-electron chi connectivity index (χ2n) is 4.26. The predicted octanol–water partition coefficient (Wildman–Crippen LogP) is 1.21. The summed E-state index contributed by atoms with van der Waals surface area (Å²) >= 11 is 0. The van der Waals surface area contributed by atoms with Gasteiger partial charge in [0.1, 0.15) is 0 Å². The SMILES string of the molecule is COC(=O)CCN=C(N)N1CCCC(C)C1.I. The molecule has 0 saturated carbocycles. The van der Waals surface area contributed by atoms with Gasteiger partial charge in [0.15, 0.2) is 5.96 Å². The lowest BCUT2D eigenvalue weighted by molar-refractivity contribution is -0.140. The van der Waals surface area contributed by atoms with Crippen LogP contribution < -0.4 is 5.73 Å². The molecule has 0 aromatic heterocycles. The van der Waals surface area contributed by atoms with E-state index in [0.717, 1.165) is 19.5 Å². The highest BCUT2D eigenvalue weighted by Gasteiger charge is 2.17. The van der Waals surface area contributed by atoms with Crippen LogP contribution >= 0.6 is 24.0 Å². The summed E-state index contributed by atoms with van der Waals surface area (Å²) in [5.41, 5.74) is 5.86. The van der Waals surface area contributed by atoms with Gasteiger partial charge in [-0.25, -0.2) is 0 Å². The summed E-state index contributed by atoms with van der Waals surface area (Å²) in [6.07, 6.45) is 2.71. The molecule has 1 saturated heterocycles. The molecule has 5 nitrogen and oxygen atoms in total. The molecule has 6 heteroatoms. The maximum Gasteiger partial charge on any atom is 0.307 e. The van der Waals surface area contributed by atoms with Crippen LogP contribution in [0.1, 0.15) is 26.2 Å². The Morgan fingerprint density at radius 1 is 1.59 bits per heavy atom. The second kappa shape index (κ2) is 8.54. The molecule has 1 aliphatic heterocycles. The third kappa shape index (κ3) is 6.09. The van der Waals surface area contributed by atoms with E-state index in [9.17, 15) is 4.79 Å². The van der Waals surface area contributed by atoms with Gasteiger partial charge in [-0.2, -0.15) is 0 Å². The Morgan fingerprint density at radius 3 is 2.88 bits per heavy atom. The van der Waals surface area contributed by atoms with Gasteiger partial charge in [-0.1, -0.05) is 6.92 Å². The molecule has 0 aromatic rings. The fraction of sp³-hybridized carbons (Fsp3) is 0.818. The number of piperidine rings is 1. The highest BCUT2D eigenvalue weighted by molar-refractivity contribution is 14.0. The normalized spacial score (nSPS) is 20.7. The molecule has 1 heterocycles. The van der Waals surface area contributed by atoms with Crippen LogP contribution in [0.3, 0.4) is 0 Å². The average molecular weight is 355 g/mol. The van der Waals surface area contributed by atoms with E-state index in [2.05, 4.69) is 21.6 Å². The summed E-state index contributed by atoms with van der Waals surface area (Å²) in [4.78, 5) is 17.2. The molecular formula is C11H22IN3O2. The van der Waals surface area contributed by atoms with Crippen molar-refractivity contribution in [3.8, 4) is 0 Å². The summed E-state index contributed by atoms with van der Waals surface area (Å²) in [6.45, 7) is 4.56. The largest absolute Gasteiger partial charge is 0.469 e. The van der Waals surface area contributed by atoms with Gasteiger partial charge in [-0.3, -0.25) is 9.79 Å². The number of carbonyl (C=O) groups excluding carboxylic acids is 1. The molecule has 0 bridgehead atoms. The predicted molar refractivity (Wildman–Crippen MR) is 78.5 cm³/mol. The smallest absolute Gasteiger partial charge is 0.307 e. The van der Waals surface area contributed by atoms with Crippen LogP contribution in [0.2, 0.25) is 0 Å². The number of nitrogens with zero attached hydrogens (tertiary/aromatic N) is 2. The third-order valence-electron chi connectivity index (χ3n) is 2.80. The van der Waals surface area contributed by atoms with E-state index in [4.69, 9.17) is 5.73 Å². The monoisotopic (exact) mass is 355 g/mol. The van der Waals surface area contributed by atoms with Crippen LogP contribution in [0, 0.1) is 5.92 Å². The number of ether oxygens (including phenoxy) is 1. The third-order valence-corrected chi connectivity index (χ3v) is 2.80. The van der Waals surface area contributed by atoms with E-state index < -0.39 is 0 Å². The molecule has 17 heavy (non-hydrogen) atoms. The summed E-state index contributed by atoms with van der Waals surface area (Å²) in [7, 11) is 1.38. The first-order valence-electron chi connectivity index (χ1n) is 5.75. The van der Waals surface area contributed by atoms with Crippen molar-refractivity contribution in [1.82, 2.24) is 4.90 Å². The first kappa shape index (κ1) is 16.5. The number of esters is 1. The van der Waals surface area contributed by atoms with Crippen LogP contribution in [0.15, 0.2) is 4.99 Å². The zero-order chi connectivity index (χ0) is 12.0. The van der Waals surface area contributed by atoms with E-state index in [0.29, 0.717) is 24.8 Å². The first-order chi connectivity index (χ1) is 7.63. The second-order valence-corrected chi connectivity index (χ2v) is 4.26. The van der Waals surface area contributed by atoms with E-state index in [1.807, 2.05) is 0 Å². The molecule has 100 valence electrons. The molecule has 0 spiro atoms. The molecule has 0 radical (unpaired) electrons. The fourth-order valence-electron chi connectivity index (χ4n) is 1.86. The molecule has 0 amide bonds. The fourth-order valence-corrected chi connectivity index (χ4v) is 1.86. The molecule has 0 aliphatic carbocycles. The Labute approximate surface area is 120 Å². The first-order valence-corrected chi connectivity index (χ1v) is 5.75. The number of hydrogen-bond acceptors (Lipinski definition) is 3. The number of rotatable bonds is 3. The minimum Gasteiger partial charge on any atom is -0.469 e. The lowest BCUT2D eigenvalue weighted by atomic mass is 10.0. The number of halogens is 1. The van der Waals surface area contributed by atoms with Gasteiger partial charge in [-0.05, 0) is 18.8 Å². The minimum atomic E-state index is -0.247. The van der Waals surface area contributed by atoms with E-state index in [1.165, 1.54) is 13.5 Å². The van der Waals surface area contributed by atoms with Crippen LogP contribution in [0.4, 0.5) is 0 Å². The number of guanidine groups is 1. The van der Waals surface area contributed by atoms with Gasteiger partial charge in [-0.15, -0.1) is 24.0 Å². The quantitative estimate of drug-likeness (QED) is 0.358. The van der Waals surface area contributed by atoms with Crippen LogP contribution in [0.5, 0.6) is 0 Å². The number of nitrogens with two attached hydrogens (primary N) is 1. The Morgan fingerprint density at radius 2 is 2.29 bits per heavy atom. The molecule has 1 rings (SSSR count). The molecular weight excluding hydrogens is 333 g/mol. The van der Waals surface area contributed by atoms with Crippen LogP contribution in [-0.4, -0.2) is 43.6 Å². The van der Waals surface area contributed by atoms with Crippen LogP contribution in [0.25, 0.3) is 0 Å². The van der Waals surface area contributed by atoms with Crippen molar-refractivity contribution in [3.05, 3.63) is 0 Å². The lowest BCUT2D eigenvalue weighted by Crippen LogP contribution is -2.43. The zero-order valence-corrected chi connectivity index (χ0v) is 12.8. The van der Waals surface area contributed by atoms with Crippen molar-refractivity contribution in [2.75, 3.05) is 26.7 Å². The zero-order valence-electron chi connectivity index (χ0n) is 10.5. The summed E-state index contributed by atoms with van der Waals surface area (Å²) in [5, 5.41) is 0. The standard InChI is InChI=1S/C11H21N3O2.HI/c1-9-4-3-7-14(8-9)11(12)13-6-5-10(15)16-2;/h9H,3-8H2,1-2H3,(H2,12,13);1H. The molecule has 1 unspecified atom stereocenters. The van der Waals surface area contributed by atoms with Gasteiger partial charge in [0, 0.05) is 13.1 Å². The summed E-state index contributed by atoms with van der Waals surface area (Å²) < 4.78 is 4.53. The number of methoxy groups -OCH3 is 1. The molecule has 1 fully saturated rings. The Bertz CT molecular complexity index is 271. The number of carbonyl (C=O) groups is 1. The maximum atomic E-state index is 10.9. The van der Waals surface area contributed by atoms with Crippen molar-refractivity contribution in [2.24, 2.45) is 16.6 Å². The van der Waals surface area contributed by atoms with Gasteiger partial charge in [0.25, 0.3) is 0 Å².